The molecule has 1 aliphatic carbocycles. The number of carbonyl (C=O) groups excluding carboxylic acids is 1. The normalized spacial score (nSPS) is 22.6. The van der Waals surface area contributed by atoms with Crippen LogP contribution in [0.25, 0.3) is 11.0 Å². The van der Waals surface area contributed by atoms with Crippen molar-refractivity contribution in [2.24, 2.45) is 5.92 Å². The van der Waals surface area contributed by atoms with Crippen molar-refractivity contribution >= 4 is 28.4 Å². The van der Waals surface area contributed by atoms with Crippen molar-refractivity contribution in [2.45, 2.75) is 50.4 Å². The Morgan fingerprint density at radius 1 is 1.15 bits per heavy atom. The second kappa shape index (κ2) is 8.52. The Labute approximate surface area is 196 Å². The molecule has 2 heterocycles. The number of amides is 2. The van der Waals surface area contributed by atoms with Crippen molar-refractivity contribution in [3.8, 4) is 0 Å². The second-order valence-electron chi connectivity index (χ2n) is 9.46. The van der Waals surface area contributed by atoms with E-state index < -0.39 is 17.8 Å². The van der Waals surface area contributed by atoms with Gasteiger partial charge >= 0.3 is 12.2 Å². The molecule has 0 radical (unpaired) electrons. The number of nitrogens with zero attached hydrogens (tertiary/aromatic N) is 3. The van der Waals surface area contributed by atoms with Gasteiger partial charge in [-0.15, -0.1) is 0 Å². The second-order valence-corrected chi connectivity index (χ2v) is 9.46. The number of para-hydroxylation sites is 2. The van der Waals surface area contributed by atoms with Crippen molar-refractivity contribution in [1.29, 1.82) is 0 Å². The lowest BCUT2D eigenvalue weighted by Gasteiger charge is -2.33. The van der Waals surface area contributed by atoms with Gasteiger partial charge < -0.3 is 20.1 Å². The van der Waals surface area contributed by atoms with E-state index in [1.54, 1.807) is 30.0 Å². The molecular weight excluding hydrogens is 443 g/mol. The number of halogens is 3. The minimum absolute atomic E-state index is 0.0117. The number of imidazole rings is 1. The van der Waals surface area contributed by atoms with E-state index in [0.29, 0.717) is 17.4 Å². The number of H-pyrrole nitrogens is 1. The van der Waals surface area contributed by atoms with Gasteiger partial charge in [-0.3, -0.25) is 0 Å². The Morgan fingerprint density at radius 2 is 1.91 bits per heavy atom. The predicted molar refractivity (Wildman–Crippen MR) is 126 cm³/mol. The molecule has 3 aromatic rings. The molecule has 3 unspecified atom stereocenters. The number of anilines is 2. The summed E-state index contributed by atoms with van der Waals surface area (Å²) >= 11 is 0. The number of likely N-dealkylation sites (tertiary alicyclic amines) is 1. The van der Waals surface area contributed by atoms with Crippen molar-refractivity contribution in [2.75, 3.05) is 24.3 Å². The summed E-state index contributed by atoms with van der Waals surface area (Å²) in [7, 11) is 3.36. The quantitative estimate of drug-likeness (QED) is 0.479. The first-order chi connectivity index (χ1) is 16.2. The van der Waals surface area contributed by atoms with Crippen LogP contribution < -0.4 is 10.2 Å². The summed E-state index contributed by atoms with van der Waals surface area (Å²) in [5, 5.41) is 2.60. The van der Waals surface area contributed by atoms with Gasteiger partial charge in [-0.05, 0) is 55.5 Å². The lowest BCUT2D eigenvalue weighted by molar-refractivity contribution is -0.136. The summed E-state index contributed by atoms with van der Waals surface area (Å²) in [5.41, 5.74) is 1.02. The third-order valence-corrected chi connectivity index (χ3v) is 7.11. The van der Waals surface area contributed by atoms with Crippen LogP contribution in [0.2, 0.25) is 0 Å². The number of alkyl halides is 3. The Balaban J connectivity index is 1.49. The van der Waals surface area contributed by atoms with E-state index in [0.717, 1.165) is 49.2 Å². The van der Waals surface area contributed by atoms with Crippen molar-refractivity contribution in [3.63, 3.8) is 0 Å². The molecule has 6 nitrogen and oxygen atoms in total. The third-order valence-electron chi connectivity index (χ3n) is 7.11. The molecule has 2 aromatic carbocycles. The van der Waals surface area contributed by atoms with E-state index in [2.05, 4.69) is 10.3 Å². The number of fused-ring (bicyclic) bond motifs is 2. The molecule has 1 saturated carbocycles. The fraction of sp³-hybridized carbons (Fsp3) is 0.440. The molecule has 0 bridgehead atoms. The molecule has 2 aliphatic rings. The van der Waals surface area contributed by atoms with E-state index in [-0.39, 0.29) is 17.8 Å². The van der Waals surface area contributed by atoms with Crippen molar-refractivity contribution < 1.29 is 18.0 Å². The zero-order chi connectivity index (χ0) is 24.0. The highest BCUT2D eigenvalue weighted by molar-refractivity contribution is 5.91. The Hall–Kier alpha value is -3.23. The van der Waals surface area contributed by atoms with Gasteiger partial charge in [0, 0.05) is 25.8 Å². The maximum atomic E-state index is 13.8. The number of benzene rings is 2. The van der Waals surface area contributed by atoms with Crippen LogP contribution in [0.4, 0.5) is 29.3 Å². The number of hydrogen-bond acceptors (Lipinski definition) is 3. The number of rotatable bonds is 3. The summed E-state index contributed by atoms with van der Waals surface area (Å²) in [6.07, 6.45) is 0.128. The zero-order valence-electron chi connectivity index (χ0n) is 19.2. The maximum absolute atomic E-state index is 13.8. The molecule has 1 aliphatic heterocycles. The van der Waals surface area contributed by atoms with Gasteiger partial charge in [0.25, 0.3) is 0 Å². The number of hydrogen-bond donors (Lipinski definition) is 2. The van der Waals surface area contributed by atoms with Crippen LogP contribution in [0.1, 0.15) is 49.5 Å². The fourth-order valence-electron chi connectivity index (χ4n) is 5.46. The molecule has 180 valence electrons. The number of carbonyl (C=O) groups is 1. The average Bonchev–Trinajstić information content (AvgIpc) is 3.40. The smallest absolute Gasteiger partial charge is 0.378 e. The molecule has 0 spiro atoms. The summed E-state index contributed by atoms with van der Waals surface area (Å²) < 4.78 is 41.5. The molecule has 3 atom stereocenters. The van der Waals surface area contributed by atoms with Gasteiger partial charge in [0.05, 0.1) is 28.3 Å². The molecule has 2 fully saturated rings. The highest BCUT2D eigenvalue weighted by Crippen LogP contribution is 2.46. The lowest BCUT2D eigenvalue weighted by atomic mass is 9.85. The van der Waals surface area contributed by atoms with Gasteiger partial charge in [-0.2, -0.15) is 13.2 Å². The van der Waals surface area contributed by atoms with E-state index in [1.165, 1.54) is 6.07 Å². The number of nitrogens with one attached hydrogen (secondary N) is 2. The SMILES string of the molecule is CN(C)c1ccc(NC(=O)N2C(c3nc4ccccc4[nH]3)CC3CCCCC32)c(C(F)(F)F)c1. The maximum Gasteiger partial charge on any atom is 0.418 e. The van der Waals surface area contributed by atoms with Crippen LogP contribution in [0, 0.1) is 5.92 Å². The Bertz CT molecular complexity index is 1170. The summed E-state index contributed by atoms with van der Waals surface area (Å²) in [4.78, 5) is 25.0. The van der Waals surface area contributed by atoms with Crippen molar-refractivity contribution in [1.82, 2.24) is 14.9 Å². The molecule has 2 amide bonds. The van der Waals surface area contributed by atoms with Gasteiger partial charge in [-0.1, -0.05) is 25.0 Å². The van der Waals surface area contributed by atoms with E-state index in [1.807, 2.05) is 24.3 Å². The van der Waals surface area contributed by atoms with Crippen molar-refractivity contribution in [3.05, 3.63) is 53.9 Å². The molecular formula is C25H28F3N5O. The molecule has 1 aromatic heterocycles. The summed E-state index contributed by atoms with van der Waals surface area (Å²) in [6.45, 7) is 0. The molecule has 2 N–H and O–H groups in total. The Kier molecular flexibility index (Phi) is 5.65. The summed E-state index contributed by atoms with van der Waals surface area (Å²) in [5.74, 6) is 1.00. The minimum Gasteiger partial charge on any atom is -0.378 e. The lowest BCUT2D eigenvalue weighted by Crippen LogP contribution is -2.43. The van der Waals surface area contributed by atoms with E-state index in [9.17, 15) is 18.0 Å². The van der Waals surface area contributed by atoms with Crippen LogP contribution in [-0.4, -0.2) is 41.0 Å². The van der Waals surface area contributed by atoms with Gasteiger partial charge in [0.2, 0.25) is 0 Å². The first-order valence-corrected chi connectivity index (χ1v) is 11.6. The van der Waals surface area contributed by atoms with Crippen LogP contribution in [-0.2, 0) is 6.18 Å². The number of aromatic nitrogens is 2. The molecule has 1 saturated heterocycles. The van der Waals surface area contributed by atoms with Gasteiger partial charge in [0.15, 0.2) is 0 Å². The monoisotopic (exact) mass is 471 g/mol. The topological polar surface area (TPSA) is 64.3 Å². The first kappa shape index (κ1) is 22.6. The van der Waals surface area contributed by atoms with Crippen LogP contribution in [0.3, 0.4) is 0 Å². The fourth-order valence-corrected chi connectivity index (χ4v) is 5.46. The number of aromatic amines is 1. The third kappa shape index (κ3) is 4.08. The van der Waals surface area contributed by atoms with Crippen LogP contribution in [0.15, 0.2) is 42.5 Å². The molecule has 34 heavy (non-hydrogen) atoms. The highest BCUT2D eigenvalue weighted by atomic mass is 19.4. The number of urea groups is 1. The average molecular weight is 472 g/mol. The van der Waals surface area contributed by atoms with E-state index in [4.69, 9.17) is 4.98 Å². The highest BCUT2D eigenvalue weighted by Gasteiger charge is 2.46. The minimum atomic E-state index is -4.59. The standard InChI is InChI=1S/C25H28F3N5O/c1-32(2)16-11-12-18(17(14-16)25(26,27)28)31-24(34)33-21-10-6-3-7-15(21)13-22(33)23-29-19-8-4-5-9-20(19)30-23/h4-5,8-9,11-12,14-15,21-22H,3,6-7,10,13H2,1-2H3,(H,29,30)(H,31,34). The predicted octanol–water partition coefficient (Wildman–Crippen LogP) is 6.19. The summed E-state index contributed by atoms with van der Waals surface area (Å²) in [6, 6.07) is 10.8. The van der Waals surface area contributed by atoms with E-state index >= 15 is 0 Å². The van der Waals surface area contributed by atoms with Crippen LogP contribution >= 0.6 is 0 Å². The van der Waals surface area contributed by atoms with Crippen LogP contribution in [0.5, 0.6) is 0 Å². The van der Waals surface area contributed by atoms with Gasteiger partial charge in [0.1, 0.15) is 5.82 Å². The van der Waals surface area contributed by atoms with Gasteiger partial charge in [-0.25, -0.2) is 9.78 Å². The molecule has 9 heteroatoms. The zero-order valence-corrected chi connectivity index (χ0v) is 19.2. The largest absolute Gasteiger partial charge is 0.418 e. The molecule has 5 rings (SSSR count). The Morgan fingerprint density at radius 3 is 2.65 bits per heavy atom. The first-order valence-electron chi connectivity index (χ1n) is 11.6.